The van der Waals surface area contributed by atoms with Gasteiger partial charge in [-0.05, 0) is 55.0 Å². The van der Waals surface area contributed by atoms with Crippen LogP contribution < -0.4 is 14.4 Å². The number of aromatic nitrogens is 1. The standard InChI is InChI=1S/C27H21FN2O5S/c1-3-35-18-10-7-15(8-11-18)23-22(24(31)16-5-4-6-19(13-16)34-2)25(32)26(33)30(23)27-29-20-12-9-17(28)14-21(20)36-27/h4-14,23,31H,3H2,1-2H3. The molecule has 182 valence electrons. The second-order valence-electron chi connectivity index (χ2n) is 8.01. The Morgan fingerprint density at radius 3 is 2.58 bits per heavy atom. The summed E-state index contributed by atoms with van der Waals surface area (Å²) in [6.45, 7) is 2.35. The number of thiazole rings is 1. The van der Waals surface area contributed by atoms with Crippen molar-refractivity contribution in [3.05, 3.63) is 89.2 Å². The maximum Gasteiger partial charge on any atom is 0.301 e. The summed E-state index contributed by atoms with van der Waals surface area (Å²) < 4.78 is 25.1. The largest absolute Gasteiger partial charge is 0.507 e. The number of anilines is 1. The lowest BCUT2D eigenvalue weighted by molar-refractivity contribution is -0.132. The van der Waals surface area contributed by atoms with E-state index in [0.29, 0.717) is 39.4 Å². The summed E-state index contributed by atoms with van der Waals surface area (Å²) in [5, 5.41) is 11.5. The maximum absolute atomic E-state index is 13.8. The average Bonchev–Trinajstić information content (AvgIpc) is 3.42. The molecule has 4 aromatic rings. The van der Waals surface area contributed by atoms with E-state index < -0.39 is 23.5 Å². The van der Waals surface area contributed by atoms with Crippen LogP contribution in [-0.2, 0) is 9.59 Å². The third-order valence-electron chi connectivity index (χ3n) is 5.84. The van der Waals surface area contributed by atoms with Crippen molar-refractivity contribution in [2.24, 2.45) is 0 Å². The van der Waals surface area contributed by atoms with Crippen LogP contribution in [0.5, 0.6) is 11.5 Å². The third kappa shape index (κ3) is 4.07. The molecule has 2 heterocycles. The number of halogens is 1. The molecule has 1 aliphatic rings. The molecule has 3 aromatic carbocycles. The van der Waals surface area contributed by atoms with Crippen molar-refractivity contribution in [1.82, 2.24) is 4.98 Å². The summed E-state index contributed by atoms with van der Waals surface area (Å²) in [6, 6.07) is 16.7. The first-order valence-electron chi connectivity index (χ1n) is 11.2. The van der Waals surface area contributed by atoms with Gasteiger partial charge < -0.3 is 14.6 Å². The van der Waals surface area contributed by atoms with Gasteiger partial charge in [-0.15, -0.1) is 0 Å². The number of aliphatic hydroxyl groups is 1. The first-order chi connectivity index (χ1) is 17.4. The van der Waals surface area contributed by atoms with E-state index in [9.17, 15) is 19.1 Å². The summed E-state index contributed by atoms with van der Waals surface area (Å²) in [4.78, 5) is 32.4. The topological polar surface area (TPSA) is 89.0 Å². The number of rotatable bonds is 6. The second kappa shape index (κ2) is 9.43. The summed E-state index contributed by atoms with van der Waals surface area (Å²) in [6.07, 6.45) is 0. The molecule has 1 aromatic heterocycles. The number of aliphatic hydroxyl groups excluding tert-OH is 1. The molecule has 9 heteroatoms. The number of carbonyl (C=O) groups is 2. The van der Waals surface area contributed by atoms with Crippen molar-refractivity contribution < 1.29 is 28.6 Å². The number of amides is 1. The number of methoxy groups -OCH3 is 1. The van der Waals surface area contributed by atoms with E-state index in [4.69, 9.17) is 9.47 Å². The van der Waals surface area contributed by atoms with Crippen LogP contribution in [0, 0.1) is 5.82 Å². The Kier molecular flexibility index (Phi) is 6.15. The molecule has 36 heavy (non-hydrogen) atoms. The minimum atomic E-state index is -0.961. The van der Waals surface area contributed by atoms with E-state index in [1.165, 1.54) is 30.2 Å². The van der Waals surface area contributed by atoms with Crippen molar-refractivity contribution >= 4 is 44.1 Å². The molecule has 1 atom stereocenters. The molecule has 0 saturated carbocycles. The fourth-order valence-electron chi connectivity index (χ4n) is 4.17. The highest BCUT2D eigenvalue weighted by molar-refractivity contribution is 7.22. The molecule has 1 fully saturated rings. The molecular formula is C27H21FN2O5S. The zero-order valence-corrected chi connectivity index (χ0v) is 20.2. The van der Waals surface area contributed by atoms with Crippen LogP contribution in [-0.4, -0.2) is 35.5 Å². The molecule has 0 aliphatic carbocycles. The van der Waals surface area contributed by atoms with Gasteiger partial charge in [-0.1, -0.05) is 35.6 Å². The van der Waals surface area contributed by atoms with E-state index >= 15 is 0 Å². The smallest absolute Gasteiger partial charge is 0.301 e. The van der Waals surface area contributed by atoms with Gasteiger partial charge in [0.25, 0.3) is 5.78 Å². The zero-order chi connectivity index (χ0) is 25.4. The highest BCUT2D eigenvalue weighted by Gasteiger charge is 2.48. The van der Waals surface area contributed by atoms with Crippen LogP contribution in [0.3, 0.4) is 0 Å². The lowest BCUT2D eigenvalue weighted by Crippen LogP contribution is -2.29. The van der Waals surface area contributed by atoms with E-state index in [1.54, 1.807) is 48.5 Å². The number of ketones is 1. The Balaban J connectivity index is 1.70. The number of nitrogens with zero attached hydrogens (tertiary/aromatic N) is 2. The Morgan fingerprint density at radius 1 is 1.08 bits per heavy atom. The highest BCUT2D eigenvalue weighted by atomic mass is 32.1. The summed E-state index contributed by atoms with van der Waals surface area (Å²) in [5.74, 6) is -1.33. The second-order valence-corrected chi connectivity index (χ2v) is 9.02. The van der Waals surface area contributed by atoms with Gasteiger partial charge in [-0.2, -0.15) is 0 Å². The van der Waals surface area contributed by atoms with Gasteiger partial charge in [0.2, 0.25) is 0 Å². The quantitative estimate of drug-likeness (QED) is 0.213. The van der Waals surface area contributed by atoms with Crippen LogP contribution in [0.4, 0.5) is 9.52 Å². The molecule has 0 bridgehead atoms. The predicted molar refractivity (Wildman–Crippen MR) is 135 cm³/mol. The van der Waals surface area contributed by atoms with Crippen molar-refractivity contribution in [1.29, 1.82) is 0 Å². The van der Waals surface area contributed by atoms with E-state index in [0.717, 1.165) is 11.3 Å². The predicted octanol–water partition coefficient (Wildman–Crippen LogP) is 5.47. The van der Waals surface area contributed by atoms with Crippen LogP contribution in [0.1, 0.15) is 24.1 Å². The molecular weight excluding hydrogens is 483 g/mol. The van der Waals surface area contributed by atoms with Gasteiger partial charge >= 0.3 is 5.91 Å². The number of carbonyl (C=O) groups excluding carboxylic acids is 2. The Labute approximate surface area is 210 Å². The minimum Gasteiger partial charge on any atom is -0.507 e. The lowest BCUT2D eigenvalue weighted by atomic mass is 9.95. The van der Waals surface area contributed by atoms with Crippen LogP contribution in [0.2, 0.25) is 0 Å². The SMILES string of the molecule is CCOc1ccc(C2C(=C(O)c3cccc(OC)c3)C(=O)C(=O)N2c2nc3ccc(F)cc3s2)cc1. The number of hydrogen-bond acceptors (Lipinski definition) is 7. The molecule has 1 saturated heterocycles. The van der Waals surface area contributed by atoms with Gasteiger partial charge in [0.15, 0.2) is 5.13 Å². The lowest BCUT2D eigenvalue weighted by Gasteiger charge is -2.23. The number of fused-ring (bicyclic) bond motifs is 1. The monoisotopic (exact) mass is 504 g/mol. The first kappa shape index (κ1) is 23.5. The first-order valence-corrected chi connectivity index (χ1v) is 12.0. The third-order valence-corrected chi connectivity index (χ3v) is 6.86. The molecule has 5 rings (SSSR count). The fourth-order valence-corrected chi connectivity index (χ4v) is 5.19. The summed E-state index contributed by atoms with van der Waals surface area (Å²) in [5.41, 5.74) is 1.32. The fraction of sp³-hybridized carbons (Fsp3) is 0.148. The van der Waals surface area contributed by atoms with Crippen LogP contribution in [0.15, 0.2) is 72.3 Å². The minimum absolute atomic E-state index is 0.0807. The Morgan fingerprint density at radius 2 is 1.86 bits per heavy atom. The van der Waals surface area contributed by atoms with Crippen LogP contribution in [0.25, 0.3) is 16.0 Å². The molecule has 1 aliphatic heterocycles. The average molecular weight is 505 g/mol. The molecule has 0 radical (unpaired) electrons. The van der Waals surface area contributed by atoms with Gasteiger partial charge in [-0.3, -0.25) is 14.5 Å². The van der Waals surface area contributed by atoms with E-state index in [2.05, 4.69) is 4.98 Å². The number of benzene rings is 3. The number of ether oxygens (including phenoxy) is 2. The summed E-state index contributed by atoms with van der Waals surface area (Å²) >= 11 is 1.09. The molecule has 1 N–H and O–H groups in total. The molecule has 7 nitrogen and oxygen atoms in total. The maximum atomic E-state index is 13.8. The van der Waals surface area contributed by atoms with E-state index in [1.807, 2.05) is 6.92 Å². The van der Waals surface area contributed by atoms with Crippen molar-refractivity contribution in [3.8, 4) is 11.5 Å². The molecule has 1 unspecified atom stereocenters. The van der Waals surface area contributed by atoms with Gasteiger partial charge in [0.05, 0.1) is 35.5 Å². The normalized spacial score (nSPS) is 17.1. The Hall–Kier alpha value is -4.24. The van der Waals surface area contributed by atoms with Gasteiger partial charge in [0.1, 0.15) is 23.1 Å². The van der Waals surface area contributed by atoms with E-state index in [-0.39, 0.29) is 16.5 Å². The van der Waals surface area contributed by atoms with Gasteiger partial charge in [-0.25, -0.2) is 9.37 Å². The highest BCUT2D eigenvalue weighted by Crippen LogP contribution is 2.44. The number of Topliss-reactive ketones (excluding diaryl/α,β-unsaturated/α-hetero) is 1. The van der Waals surface area contributed by atoms with Crippen LogP contribution >= 0.6 is 11.3 Å². The van der Waals surface area contributed by atoms with Crippen molar-refractivity contribution in [2.75, 3.05) is 18.6 Å². The van der Waals surface area contributed by atoms with Crippen molar-refractivity contribution in [2.45, 2.75) is 13.0 Å². The molecule has 0 spiro atoms. The molecule has 1 amide bonds. The Bertz CT molecular complexity index is 1510. The van der Waals surface area contributed by atoms with Crippen molar-refractivity contribution in [3.63, 3.8) is 0 Å². The van der Waals surface area contributed by atoms with Gasteiger partial charge in [0, 0.05) is 5.56 Å². The number of hydrogen-bond donors (Lipinski definition) is 1. The summed E-state index contributed by atoms with van der Waals surface area (Å²) in [7, 11) is 1.49. The zero-order valence-electron chi connectivity index (χ0n) is 19.4.